The zero-order chi connectivity index (χ0) is 9.40. The smallest absolute Gasteiger partial charge is 0.0275 e. The highest BCUT2D eigenvalue weighted by Gasteiger charge is 2.16. The van der Waals surface area contributed by atoms with Crippen LogP contribution >= 0.6 is 0 Å². The van der Waals surface area contributed by atoms with Gasteiger partial charge in [-0.25, -0.2) is 0 Å². The summed E-state index contributed by atoms with van der Waals surface area (Å²) in [6, 6.07) is 0.736. The van der Waals surface area contributed by atoms with Crippen LogP contribution in [0.5, 0.6) is 0 Å². The van der Waals surface area contributed by atoms with E-state index in [-0.39, 0.29) is 0 Å². The van der Waals surface area contributed by atoms with E-state index in [2.05, 4.69) is 31.0 Å². The fourth-order valence-corrected chi connectivity index (χ4v) is 1.47. The molecule has 0 aromatic carbocycles. The van der Waals surface area contributed by atoms with E-state index >= 15 is 0 Å². The van der Waals surface area contributed by atoms with Gasteiger partial charge in [0.15, 0.2) is 0 Å². The Kier molecular flexibility index (Phi) is 7.17. The van der Waals surface area contributed by atoms with Crippen LogP contribution in [-0.4, -0.2) is 24.5 Å². The second-order valence-corrected chi connectivity index (χ2v) is 3.03. The molecule has 0 saturated carbocycles. The molecule has 0 aliphatic carbocycles. The standard InChI is InChI=1S/C9H17N.C2H6/c1-3-4-6-9-7-5-8-10(9)2;1-2/h4,6,9H,3,5,7-8H2,1-2H3;1-2H3/b6-4+;. The Balaban J connectivity index is 0.000000561. The molecule has 1 saturated heterocycles. The van der Waals surface area contributed by atoms with Crippen LogP contribution in [0.1, 0.15) is 40.0 Å². The van der Waals surface area contributed by atoms with Gasteiger partial charge in [-0.15, -0.1) is 0 Å². The molecule has 1 unspecified atom stereocenters. The second kappa shape index (κ2) is 7.35. The Morgan fingerprint density at radius 1 is 1.42 bits per heavy atom. The maximum absolute atomic E-state index is 2.42. The average molecular weight is 169 g/mol. The molecular formula is C11H23N. The molecule has 12 heavy (non-hydrogen) atoms. The summed E-state index contributed by atoms with van der Waals surface area (Å²) in [6.45, 7) is 7.46. The largest absolute Gasteiger partial charge is 0.300 e. The van der Waals surface area contributed by atoms with Crippen LogP contribution in [0.4, 0.5) is 0 Å². The molecule has 1 fully saturated rings. The predicted octanol–water partition coefficient (Wildman–Crippen LogP) is 3.07. The second-order valence-electron chi connectivity index (χ2n) is 3.03. The van der Waals surface area contributed by atoms with E-state index in [0.717, 1.165) is 6.04 Å². The molecule has 72 valence electrons. The zero-order valence-electron chi connectivity index (χ0n) is 9.01. The van der Waals surface area contributed by atoms with Crippen molar-refractivity contribution in [2.24, 2.45) is 0 Å². The van der Waals surface area contributed by atoms with Gasteiger partial charge in [-0.3, -0.25) is 4.90 Å². The summed E-state index contributed by atoms with van der Waals surface area (Å²) in [6.07, 6.45) is 8.51. The number of rotatable bonds is 2. The van der Waals surface area contributed by atoms with Crippen molar-refractivity contribution in [2.45, 2.75) is 46.1 Å². The maximum atomic E-state index is 2.42. The van der Waals surface area contributed by atoms with Gasteiger partial charge in [0.1, 0.15) is 0 Å². The Morgan fingerprint density at radius 2 is 2.08 bits per heavy atom. The van der Waals surface area contributed by atoms with Crippen LogP contribution < -0.4 is 0 Å². The number of hydrogen-bond acceptors (Lipinski definition) is 1. The summed E-state index contributed by atoms with van der Waals surface area (Å²) < 4.78 is 0. The molecule has 0 amide bonds. The number of nitrogens with zero attached hydrogens (tertiary/aromatic N) is 1. The molecule has 1 rings (SSSR count). The lowest BCUT2D eigenvalue weighted by Crippen LogP contribution is -2.22. The fraction of sp³-hybridized carbons (Fsp3) is 0.818. The first-order chi connectivity index (χ1) is 5.84. The van der Waals surface area contributed by atoms with E-state index in [1.165, 1.54) is 25.8 Å². The number of allylic oxidation sites excluding steroid dienone is 1. The lowest BCUT2D eigenvalue weighted by atomic mass is 10.2. The van der Waals surface area contributed by atoms with Gasteiger partial charge in [0.05, 0.1) is 0 Å². The normalized spacial score (nSPS) is 24.2. The van der Waals surface area contributed by atoms with E-state index < -0.39 is 0 Å². The van der Waals surface area contributed by atoms with Gasteiger partial charge in [-0.05, 0) is 32.9 Å². The highest BCUT2D eigenvalue weighted by atomic mass is 15.1. The topological polar surface area (TPSA) is 3.24 Å². The van der Waals surface area contributed by atoms with Crippen molar-refractivity contribution in [1.29, 1.82) is 0 Å². The molecule has 0 aromatic rings. The van der Waals surface area contributed by atoms with Gasteiger partial charge in [-0.1, -0.05) is 32.9 Å². The van der Waals surface area contributed by atoms with Gasteiger partial charge < -0.3 is 0 Å². The molecule has 0 aromatic heterocycles. The first-order valence-electron chi connectivity index (χ1n) is 5.21. The first kappa shape index (κ1) is 11.7. The van der Waals surface area contributed by atoms with Crippen LogP contribution in [-0.2, 0) is 0 Å². The van der Waals surface area contributed by atoms with Crippen LogP contribution in [0, 0.1) is 0 Å². The zero-order valence-corrected chi connectivity index (χ0v) is 9.01. The van der Waals surface area contributed by atoms with Crippen molar-refractivity contribution < 1.29 is 0 Å². The fourth-order valence-electron chi connectivity index (χ4n) is 1.47. The van der Waals surface area contributed by atoms with Crippen molar-refractivity contribution in [1.82, 2.24) is 4.90 Å². The summed E-state index contributed by atoms with van der Waals surface area (Å²) in [4.78, 5) is 2.42. The minimum Gasteiger partial charge on any atom is -0.300 e. The third-order valence-corrected chi connectivity index (χ3v) is 2.17. The average Bonchev–Trinajstić information content (AvgIpc) is 2.51. The van der Waals surface area contributed by atoms with Gasteiger partial charge in [0.2, 0.25) is 0 Å². The van der Waals surface area contributed by atoms with Crippen molar-refractivity contribution in [3.63, 3.8) is 0 Å². The minimum absolute atomic E-state index is 0.736. The van der Waals surface area contributed by atoms with E-state index in [0.29, 0.717) is 0 Å². The highest BCUT2D eigenvalue weighted by molar-refractivity contribution is 4.95. The highest BCUT2D eigenvalue weighted by Crippen LogP contribution is 2.15. The van der Waals surface area contributed by atoms with Gasteiger partial charge in [0, 0.05) is 6.04 Å². The van der Waals surface area contributed by atoms with Crippen LogP contribution in [0.3, 0.4) is 0 Å². The summed E-state index contributed by atoms with van der Waals surface area (Å²) in [7, 11) is 2.21. The quantitative estimate of drug-likeness (QED) is 0.574. The summed E-state index contributed by atoms with van der Waals surface area (Å²) in [5.74, 6) is 0. The SMILES string of the molecule is CC.CC/C=C/C1CCCN1C. The third-order valence-electron chi connectivity index (χ3n) is 2.17. The lowest BCUT2D eigenvalue weighted by Gasteiger charge is -2.14. The van der Waals surface area contributed by atoms with Gasteiger partial charge >= 0.3 is 0 Å². The predicted molar refractivity (Wildman–Crippen MR) is 56.4 cm³/mol. The third kappa shape index (κ3) is 3.91. The van der Waals surface area contributed by atoms with E-state index in [4.69, 9.17) is 0 Å². The number of likely N-dealkylation sites (tertiary alicyclic amines) is 1. The molecule has 1 heterocycles. The van der Waals surface area contributed by atoms with Crippen molar-refractivity contribution >= 4 is 0 Å². The number of hydrogen-bond donors (Lipinski definition) is 0. The Morgan fingerprint density at radius 3 is 2.50 bits per heavy atom. The molecule has 1 atom stereocenters. The molecular weight excluding hydrogens is 146 g/mol. The Labute approximate surface area is 77.5 Å². The van der Waals surface area contributed by atoms with Crippen molar-refractivity contribution in [3.8, 4) is 0 Å². The summed E-state index contributed by atoms with van der Waals surface area (Å²) in [5, 5.41) is 0. The molecule has 0 radical (unpaired) electrons. The van der Waals surface area contributed by atoms with Crippen LogP contribution in [0.2, 0.25) is 0 Å². The molecule has 0 bridgehead atoms. The van der Waals surface area contributed by atoms with Crippen LogP contribution in [0.25, 0.3) is 0 Å². The Hall–Kier alpha value is -0.300. The Bertz CT molecular complexity index is 118. The van der Waals surface area contributed by atoms with Crippen LogP contribution in [0.15, 0.2) is 12.2 Å². The molecule has 0 N–H and O–H groups in total. The molecule has 1 aliphatic rings. The lowest BCUT2D eigenvalue weighted by molar-refractivity contribution is 0.357. The van der Waals surface area contributed by atoms with E-state index in [9.17, 15) is 0 Å². The molecule has 0 spiro atoms. The van der Waals surface area contributed by atoms with Gasteiger partial charge in [0.25, 0.3) is 0 Å². The summed E-state index contributed by atoms with van der Waals surface area (Å²) in [5.41, 5.74) is 0. The van der Waals surface area contributed by atoms with Crippen molar-refractivity contribution in [2.75, 3.05) is 13.6 Å². The summed E-state index contributed by atoms with van der Waals surface area (Å²) >= 11 is 0. The van der Waals surface area contributed by atoms with E-state index in [1.54, 1.807) is 0 Å². The van der Waals surface area contributed by atoms with Gasteiger partial charge in [-0.2, -0.15) is 0 Å². The molecule has 1 nitrogen and oxygen atoms in total. The molecule has 1 aliphatic heterocycles. The van der Waals surface area contributed by atoms with Crippen molar-refractivity contribution in [3.05, 3.63) is 12.2 Å². The maximum Gasteiger partial charge on any atom is 0.0275 e. The first-order valence-corrected chi connectivity index (χ1v) is 5.21. The monoisotopic (exact) mass is 169 g/mol. The minimum atomic E-state index is 0.736. The molecule has 1 heteroatoms. The number of likely N-dealkylation sites (N-methyl/N-ethyl adjacent to an activating group) is 1. The van der Waals surface area contributed by atoms with E-state index in [1.807, 2.05) is 13.8 Å².